The highest BCUT2D eigenvalue weighted by Crippen LogP contribution is 2.29. The molecule has 0 saturated carbocycles. The van der Waals surface area contributed by atoms with E-state index in [0.717, 1.165) is 5.69 Å². The van der Waals surface area contributed by atoms with Gasteiger partial charge < -0.3 is 103 Å². The lowest BCUT2D eigenvalue weighted by Gasteiger charge is -2.30. The number of nitrogens with two attached hydrogens (primary N) is 8. The highest BCUT2D eigenvalue weighted by Gasteiger charge is 2.41. The summed E-state index contributed by atoms with van der Waals surface area (Å²) >= 11 is 2.72. The standard InChI is InChI=1S/C93H146N20O20S3/c1-10-56(6)68(90(130)110-73(41-57(7)115)79(120)47-64(52-114)88(128)109-74(43-63-51-105-69-27-15-14-26-66(63)69)77(118)44-60(24-18-32-102-91(96)97)85(125)111-75(84(95)124)53-135-38-31-65-25-16-17-35-113(65)36-21-39-136(131,132)133)49-81(122)83(58(8)116)112-89(129)67(55(4)5)48-80(121)71(29-20-34-104-93(100)101)107-87(127)62(42-59-22-12-11-13-23-59)46-78(119)72(40-54(2)3)108-86(126)61(30-37-134-9)45-76(117)70(106-82(123)50-94)28-19-33-103-92(98)99/h11-17,22-23,25-27,35,51,54-58,60-62,64,67-68,70-75,83,105,114-116H,10,18-21,24,28-34,36-50,52-53,94H2,1-9H3,(H21-,95,96,97,98,99,100,101,102,103,104,106,107,108,109,110,111,112,123,124,125,126,127,128,129,130,131,132,133)/p+1/t56-,57?,58+,60+,61+,62+,64-,67-,68-,70-,71-,72-,73-,74-,75?,83-/m0/s1. The number of carbonyl (C=O) groups excluding carboxylic acids is 14. The molecule has 756 valence electrons. The summed E-state index contributed by atoms with van der Waals surface area (Å²) in [4.78, 5) is 218. The van der Waals surface area contributed by atoms with Crippen LogP contribution in [0.15, 0.2) is 100 Å². The zero-order valence-corrected chi connectivity index (χ0v) is 82.1. The first-order valence-electron chi connectivity index (χ1n) is 46.3. The number of aliphatic hydroxyl groups is 3. The lowest BCUT2D eigenvalue weighted by molar-refractivity contribution is -0.703. The summed E-state index contributed by atoms with van der Waals surface area (Å²) < 4.78 is 33.9. The topological polar surface area (TPSA) is 703 Å². The molecule has 136 heavy (non-hydrogen) atoms. The van der Waals surface area contributed by atoms with Gasteiger partial charge in [0.1, 0.15) is 18.6 Å². The molecule has 0 fully saturated rings. The number of fused-ring (bicyclic) bond motifs is 1. The van der Waals surface area contributed by atoms with Crippen molar-refractivity contribution in [3.05, 3.63) is 102 Å². The molecule has 2 aromatic heterocycles. The number of H-pyrrole nitrogens is 1. The molecule has 4 rings (SSSR count). The van der Waals surface area contributed by atoms with Crippen LogP contribution in [0.25, 0.3) is 10.9 Å². The molecule has 28 N–H and O–H groups in total. The fraction of sp³-hybridized carbons (Fsp3) is 0.613. The minimum absolute atomic E-state index is 0.00145. The first kappa shape index (κ1) is 117. The van der Waals surface area contributed by atoms with E-state index in [0.29, 0.717) is 52.9 Å². The predicted molar refractivity (Wildman–Crippen MR) is 523 cm³/mol. The summed E-state index contributed by atoms with van der Waals surface area (Å²) in [6.45, 7) is 12.0. The molecule has 0 saturated heterocycles. The average molecular weight is 1960 g/mol. The molecule has 2 unspecified atom stereocenters. The number of ketones is 6. The van der Waals surface area contributed by atoms with Crippen LogP contribution in [0.1, 0.15) is 181 Å². The van der Waals surface area contributed by atoms with Crippen LogP contribution in [0.4, 0.5) is 0 Å². The number of nitrogens with one attached hydrogen (secondary N) is 8. The number of aryl methyl sites for hydroxylation is 2. The minimum atomic E-state index is -4.18. The Balaban J connectivity index is 1.61. The van der Waals surface area contributed by atoms with Gasteiger partial charge in [0, 0.05) is 154 Å². The van der Waals surface area contributed by atoms with Gasteiger partial charge in [0.2, 0.25) is 47.3 Å². The van der Waals surface area contributed by atoms with Crippen LogP contribution < -0.4 is 87.7 Å². The molecule has 0 spiro atoms. The summed E-state index contributed by atoms with van der Waals surface area (Å²) in [6, 6.07) is 11.7. The molecule has 2 aromatic carbocycles. The zero-order chi connectivity index (χ0) is 101. The molecule has 2 heterocycles. The largest absolute Gasteiger partial charge is 0.396 e. The number of hydrogen-bond acceptors (Lipinski definition) is 25. The van der Waals surface area contributed by atoms with E-state index in [9.17, 15) is 81.0 Å². The number of Topliss-reactive ketones (excluding diaryl/α,β-unsaturated/α-hetero) is 6. The Morgan fingerprint density at radius 3 is 1.54 bits per heavy atom. The van der Waals surface area contributed by atoms with Gasteiger partial charge in [-0.15, -0.1) is 0 Å². The quantitative estimate of drug-likeness (QED) is 0.00945. The Kier molecular flexibility index (Phi) is 53.0. The number of carbonyl (C=O) groups is 14. The van der Waals surface area contributed by atoms with Crippen LogP contribution >= 0.6 is 23.5 Å². The van der Waals surface area contributed by atoms with E-state index >= 15 is 14.4 Å². The maximum atomic E-state index is 15.1. The molecule has 0 aliphatic rings. The summed E-state index contributed by atoms with van der Waals surface area (Å²) in [6.07, 6.45) is 0.157. The summed E-state index contributed by atoms with van der Waals surface area (Å²) in [7, 11) is -4.18. The van der Waals surface area contributed by atoms with Gasteiger partial charge in [0.05, 0.1) is 67.2 Å². The third-order valence-electron chi connectivity index (χ3n) is 23.6. The molecule has 43 heteroatoms. The van der Waals surface area contributed by atoms with Crippen molar-refractivity contribution in [1.82, 2.24) is 42.2 Å². The fourth-order valence-corrected chi connectivity index (χ4v) is 17.7. The van der Waals surface area contributed by atoms with Gasteiger partial charge in [0.15, 0.2) is 64.5 Å². The fourth-order valence-electron chi connectivity index (χ4n) is 15.7. The number of para-hydroxylation sites is 1. The lowest BCUT2D eigenvalue weighted by Crippen LogP contribution is -2.53. The van der Waals surface area contributed by atoms with E-state index in [1.165, 1.54) is 37.4 Å². The van der Waals surface area contributed by atoms with Gasteiger partial charge in [-0.25, -0.2) is 4.57 Å². The summed E-state index contributed by atoms with van der Waals surface area (Å²) in [5.74, 6) is -19.5. The highest BCUT2D eigenvalue weighted by atomic mass is 32.2. The van der Waals surface area contributed by atoms with E-state index in [1.54, 1.807) is 107 Å². The molecule has 0 aliphatic carbocycles. The summed E-state index contributed by atoms with van der Waals surface area (Å²) in [5.41, 5.74) is 47.7. The van der Waals surface area contributed by atoms with E-state index in [-0.39, 0.29) is 126 Å². The number of guanidine groups is 3. The molecule has 40 nitrogen and oxygen atoms in total. The molecule has 8 amide bonds. The lowest BCUT2D eigenvalue weighted by atomic mass is 9.83. The second kappa shape index (κ2) is 61.4. The van der Waals surface area contributed by atoms with Crippen LogP contribution in [0, 0.1) is 53.3 Å². The normalized spacial score (nSPS) is 15.1. The Labute approximate surface area is 805 Å². The van der Waals surface area contributed by atoms with Gasteiger partial charge >= 0.3 is 0 Å². The van der Waals surface area contributed by atoms with Gasteiger partial charge in [-0.3, -0.25) is 86.7 Å². The molecule has 0 aliphatic heterocycles. The van der Waals surface area contributed by atoms with Gasteiger partial charge in [-0.05, 0) is 119 Å². The van der Waals surface area contributed by atoms with Crippen LogP contribution in [0.2, 0.25) is 0 Å². The Morgan fingerprint density at radius 1 is 0.507 bits per heavy atom. The van der Waals surface area contributed by atoms with Crippen LogP contribution in [-0.4, -0.2) is 250 Å². The van der Waals surface area contributed by atoms with Crippen LogP contribution in [-0.2, 0) is 103 Å². The van der Waals surface area contributed by atoms with E-state index in [2.05, 4.69) is 57.2 Å². The van der Waals surface area contributed by atoms with Gasteiger partial charge in [-0.2, -0.15) is 31.9 Å². The number of aromatic amines is 1. The van der Waals surface area contributed by atoms with Crippen molar-refractivity contribution in [3.8, 4) is 0 Å². The van der Waals surface area contributed by atoms with Crippen molar-refractivity contribution in [1.29, 1.82) is 0 Å². The Morgan fingerprint density at radius 2 is 0.993 bits per heavy atom. The first-order valence-corrected chi connectivity index (χ1v) is 50.4. The third kappa shape index (κ3) is 43.7. The molecule has 16 atom stereocenters. The van der Waals surface area contributed by atoms with Crippen molar-refractivity contribution in [2.45, 2.75) is 245 Å². The highest BCUT2D eigenvalue weighted by molar-refractivity contribution is 7.99. The van der Waals surface area contributed by atoms with Crippen molar-refractivity contribution in [2.75, 3.05) is 62.1 Å². The molecule has 0 radical (unpaired) electrons. The minimum Gasteiger partial charge on any atom is -0.396 e. The number of aliphatic imine (C=N–C) groups is 3. The van der Waals surface area contributed by atoms with E-state index < -0.39 is 251 Å². The first-order chi connectivity index (χ1) is 64.3. The third-order valence-corrected chi connectivity index (χ3v) is 26.1. The number of pyridine rings is 1. The zero-order valence-electron chi connectivity index (χ0n) is 79.6. The number of hydrogen-bond donors (Lipinski definition) is 20. The van der Waals surface area contributed by atoms with Gasteiger partial charge in [0.25, 0.3) is 10.1 Å². The number of benzene rings is 2. The second-order valence-corrected chi connectivity index (χ2v) is 39.2. The maximum Gasteiger partial charge on any atom is 0.265 e. The van der Waals surface area contributed by atoms with Crippen LogP contribution in [0.5, 0.6) is 0 Å². The number of amides is 8. The second-order valence-electron chi connectivity index (χ2n) is 35.5. The SMILES string of the molecule is CC[C@H](C)[C@H](CC(=O)[C@@H](NC(=O)[C@@H](CC(=O)[C@H](CCCN=C(N)N)NC(=O)[C@@H](CC(=O)[C@H](CC(C)C)NC(=O)[C@H](CCSC)CC(=O)[C@H](CCCN=C(N)N)NC(=O)CN)Cc1ccccc1)C(C)C)[C@@H](C)O)C(=O)N[C@@H](CC(C)O)C(=O)C[C@@H](CO)C(=O)N[C@@H](Cc1c[nH]c2ccccc12)C(=O)C[C@@H](CCCN=C(N)N)C(=O)NC(CSCCc1cccc[n+]1CCCS(=O)(=O)O)C(N)=O. The Bertz CT molecular complexity index is 4780. The number of rotatable bonds is 70. The summed E-state index contributed by atoms with van der Waals surface area (Å²) in [5, 5.41) is 53.0. The smallest absolute Gasteiger partial charge is 0.265 e. The molecule has 0 bridgehead atoms. The number of thioether (sulfide) groups is 2. The van der Waals surface area contributed by atoms with Gasteiger partial charge in [-0.1, -0.05) is 103 Å². The number of primary amides is 1. The predicted octanol–water partition coefficient (Wildman–Crippen LogP) is 0.590. The van der Waals surface area contributed by atoms with Crippen molar-refractivity contribution < 1.29 is 100.0 Å². The number of aliphatic hydroxyl groups excluding tert-OH is 3. The average Bonchev–Trinajstić information content (AvgIpc) is 1.72. The molecule has 4 aromatic rings. The number of nitrogens with zero attached hydrogens (tertiary/aromatic N) is 4. The van der Waals surface area contributed by atoms with Crippen molar-refractivity contribution in [2.24, 2.45) is 114 Å². The van der Waals surface area contributed by atoms with Crippen LogP contribution in [0.3, 0.4) is 0 Å². The van der Waals surface area contributed by atoms with Crippen molar-refractivity contribution in [3.63, 3.8) is 0 Å². The Hall–Kier alpha value is -10.8. The molecular formula is C93H147N20O20S3+. The van der Waals surface area contributed by atoms with E-state index in [4.69, 9.17) is 45.9 Å². The number of aromatic nitrogens is 2. The van der Waals surface area contributed by atoms with E-state index in [1.807, 2.05) is 30.7 Å². The molecular weight excluding hydrogens is 1810 g/mol. The van der Waals surface area contributed by atoms with Crippen molar-refractivity contribution >= 4 is 144 Å². The maximum absolute atomic E-state index is 15.1. The monoisotopic (exact) mass is 1960 g/mol.